The highest BCUT2D eigenvalue weighted by Gasteiger charge is 2.30. The van der Waals surface area contributed by atoms with Gasteiger partial charge in [-0.15, -0.1) is 0 Å². The summed E-state index contributed by atoms with van der Waals surface area (Å²) in [7, 11) is 0.709. The number of nitrogens with zero attached hydrogens (tertiary/aromatic N) is 3. The maximum Gasteiger partial charge on any atom is 0.262 e. The zero-order valence-electron chi connectivity index (χ0n) is 25.0. The molecule has 3 atom stereocenters. The SMILES string of the molecule is COc1cccc(S(=O)(=O)Nc2ccc3c(c2)C(=O)N(C)C[C@@H](OC)[C@@H](C)CN(C(=O)Cc2cccnc2)[C@H](C)CO3)c1. The van der Waals surface area contributed by atoms with Crippen molar-refractivity contribution in [1.82, 2.24) is 14.8 Å². The standard InChI is InChI=1S/C31H38N4O7S/c1-21-18-35(30(36)14-23-8-7-13-32-17-23)22(2)20-42-28-12-11-24(15-27(28)31(37)34(3)19-29(21)41-5)33-43(38,39)26-10-6-9-25(16-26)40-4/h6-13,15-17,21-22,29,33H,14,18-20H2,1-5H3/t21-,22+,29+/m0/s1. The lowest BCUT2D eigenvalue weighted by Gasteiger charge is -2.36. The molecular weight excluding hydrogens is 572 g/mol. The van der Waals surface area contributed by atoms with Gasteiger partial charge in [-0.05, 0) is 48.9 Å². The number of methoxy groups -OCH3 is 2. The summed E-state index contributed by atoms with van der Waals surface area (Å²) in [5.74, 6) is 0.129. The summed E-state index contributed by atoms with van der Waals surface area (Å²) >= 11 is 0. The summed E-state index contributed by atoms with van der Waals surface area (Å²) in [4.78, 5) is 34.6. The Bertz CT molecular complexity index is 1530. The summed E-state index contributed by atoms with van der Waals surface area (Å²) < 4.78 is 45.9. The fourth-order valence-corrected chi connectivity index (χ4v) is 6.03. The number of benzene rings is 2. The molecule has 0 saturated carbocycles. The van der Waals surface area contributed by atoms with Crippen molar-refractivity contribution in [3.63, 3.8) is 0 Å². The van der Waals surface area contributed by atoms with E-state index in [2.05, 4.69) is 9.71 Å². The Morgan fingerprint density at radius 3 is 2.58 bits per heavy atom. The molecule has 2 aromatic carbocycles. The molecule has 0 unspecified atom stereocenters. The number of amides is 2. The van der Waals surface area contributed by atoms with Crippen LogP contribution in [0.1, 0.15) is 29.8 Å². The lowest BCUT2D eigenvalue weighted by Crippen LogP contribution is -2.49. The van der Waals surface area contributed by atoms with Crippen LogP contribution >= 0.6 is 0 Å². The van der Waals surface area contributed by atoms with Crippen molar-refractivity contribution in [2.75, 3.05) is 45.7 Å². The molecule has 230 valence electrons. The number of likely N-dealkylation sites (N-methyl/N-ethyl adjacent to an activating group) is 1. The first-order valence-corrected chi connectivity index (χ1v) is 15.4. The summed E-state index contributed by atoms with van der Waals surface area (Å²) in [6.45, 7) is 4.64. The molecule has 2 heterocycles. The second kappa shape index (κ2) is 13.9. The van der Waals surface area contributed by atoms with E-state index in [0.29, 0.717) is 12.3 Å². The van der Waals surface area contributed by atoms with Gasteiger partial charge in [-0.1, -0.05) is 19.1 Å². The topological polar surface area (TPSA) is 127 Å². The highest BCUT2D eigenvalue weighted by molar-refractivity contribution is 7.92. The molecule has 43 heavy (non-hydrogen) atoms. The first-order valence-electron chi connectivity index (χ1n) is 13.9. The molecule has 12 heteroatoms. The van der Waals surface area contributed by atoms with Crippen LogP contribution in [0.3, 0.4) is 0 Å². The number of sulfonamides is 1. The van der Waals surface area contributed by atoms with Crippen LogP contribution in [0, 0.1) is 5.92 Å². The van der Waals surface area contributed by atoms with Crippen molar-refractivity contribution in [2.24, 2.45) is 5.92 Å². The van der Waals surface area contributed by atoms with Crippen molar-refractivity contribution >= 4 is 27.5 Å². The highest BCUT2D eigenvalue weighted by atomic mass is 32.2. The van der Waals surface area contributed by atoms with Gasteiger partial charge in [0.2, 0.25) is 5.91 Å². The van der Waals surface area contributed by atoms with Gasteiger partial charge in [-0.2, -0.15) is 0 Å². The molecular formula is C31H38N4O7S. The van der Waals surface area contributed by atoms with Gasteiger partial charge in [0.25, 0.3) is 15.9 Å². The fourth-order valence-electron chi connectivity index (χ4n) is 4.95. The monoisotopic (exact) mass is 610 g/mol. The third kappa shape index (κ3) is 7.82. The van der Waals surface area contributed by atoms with Gasteiger partial charge in [0, 0.05) is 57.3 Å². The van der Waals surface area contributed by atoms with Crippen molar-refractivity contribution < 1.29 is 32.2 Å². The Labute approximate surface area is 252 Å². The molecule has 0 radical (unpaired) electrons. The van der Waals surface area contributed by atoms with Crippen LogP contribution < -0.4 is 14.2 Å². The quantitative estimate of drug-likeness (QED) is 0.431. The molecule has 0 bridgehead atoms. The van der Waals surface area contributed by atoms with Crippen molar-refractivity contribution in [1.29, 1.82) is 0 Å². The van der Waals surface area contributed by atoms with Gasteiger partial charge in [0.1, 0.15) is 18.1 Å². The molecule has 0 fully saturated rings. The van der Waals surface area contributed by atoms with E-state index in [-0.39, 0.29) is 71.3 Å². The van der Waals surface area contributed by atoms with Gasteiger partial charge >= 0.3 is 0 Å². The normalized spacial score (nSPS) is 19.8. The Hall–Kier alpha value is -4.16. The first-order chi connectivity index (χ1) is 20.5. The van der Waals surface area contributed by atoms with Crippen molar-refractivity contribution in [2.45, 2.75) is 37.3 Å². The molecule has 1 aliphatic heterocycles. The van der Waals surface area contributed by atoms with Crippen LogP contribution in [-0.2, 0) is 26.0 Å². The predicted molar refractivity (Wildman–Crippen MR) is 162 cm³/mol. The Balaban J connectivity index is 1.65. The number of hydrogen-bond donors (Lipinski definition) is 1. The lowest BCUT2D eigenvalue weighted by molar-refractivity contribution is -0.134. The summed E-state index contributed by atoms with van der Waals surface area (Å²) in [6.07, 6.45) is 3.16. The molecule has 0 aliphatic carbocycles. The van der Waals surface area contributed by atoms with Crippen LogP contribution in [0.5, 0.6) is 11.5 Å². The Kier molecular flexibility index (Phi) is 10.3. The van der Waals surface area contributed by atoms with E-state index in [1.165, 1.54) is 36.3 Å². The van der Waals surface area contributed by atoms with Gasteiger partial charge < -0.3 is 24.0 Å². The van der Waals surface area contributed by atoms with E-state index in [9.17, 15) is 18.0 Å². The van der Waals surface area contributed by atoms with Crippen LogP contribution in [0.2, 0.25) is 0 Å². The minimum atomic E-state index is -3.98. The first kappa shape index (κ1) is 31.8. The van der Waals surface area contributed by atoms with Crippen LogP contribution in [-0.4, -0.2) is 88.1 Å². The van der Waals surface area contributed by atoms with Crippen LogP contribution in [0.15, 0.2) is 71.9 Å². The summed E-state index contributed by atoms with van der Waals surface area (Å²) in [6, 6.07) is 14.0. The maximum atomic E-state index is 13.7. The number of rotatable bonds is 7. The minimum Gasteiger partial charge on any atom is -0.497 e. The summed E-state index contributed by atoms with van der Waals surface area (Å²) in [5, 5.41) is 0. The van der Waals surface area contributed by atoms with E-state index in [4.69, 9.17) is 14.2 Å². The Morgan fingerprint density at radius 1 is 1.09 bits per heavy atom. The average Bonchev–Trinajstić information content (AvgIpc) is 3.00. The second-order valence-electron chi connectivity index (χ2n) is 10.7. The molecule has 1 aliphatic rings. The van der Waals surface area contributed by atoms with E-state index < -0.39 is 10.0 Å². The van der Waals surface area contributed by atoms with Gasteiger partial charge in [0.15, 0.2) is 0 Å². The zero-order valence-corrected chi connectivity index (χ0v) is 25.8. The zero-order chi connectivity index (χ0) is 31.1. The largest absolute Gasteiger partial charge is 0.497 e. The molecule has 11 nitrogen and oxygen atoms in total. The van der Waals surface area contributed by atoms with Crippen molar-refractivity contribution in [3.8, 4) is 11.5 Å². The van der Waals surface area contributed by atoms with E-state index in [1.807, 2.05) is 19.9 Å². The molecule has 2 amide bonds. The number of carbonyl (C=O) groups excluding carboxylic acids is 2. The molecule has 0 spiro atoms. The van der Waals surface area contributed by atoms with Crippen molar-refractivity contribution in [3.05, 3.63) is 78.1 Å². The van der Waals surface area contributed by atoms with Gasteiger partial charge in [-0.3, -0.25) is 19.3 Å². The van der Waals surface area contributed by atoms with E-state index >= 15 is 0 Å². The minimum absolute atomic E-state index is 0.0149. The highest BCUT2D eigenvalue weighted by Crippen LogP contribution is 2.28. The number of pyridine rings is 1. The molecule has 0 saturated heterocycles. The van der Waals surface area contributed by atoms with Gasteiger partial charge in [-0.25, -0.2) is 8.42 Å². The number of ether oxygens (including phenoxy) is 3. The number of nitrogens with one attached hydrogen (secondary N) is 1. The van der Waals surface area contributed by atoms with E-state index in [1.54, 1.807) is 55.7 Å². The summed E-state index contributed by atoms with van der Waals surface area (Å²) in [5.41, 5.74) is 1.18. The smallest absolute Gasteiger partial charge is 0.262 e. The van der Waals surface area contributed by atoms with Gasteiger partial charge in [0.05, 0.1) is 36.1 Å². The predicted octanol–water partition coefficient (Wildman–Crippen LogP) is 3.47. The number of anilines is 1. The number of aromatic nitrogens is 1. The second-order valence-corrected chi connectivity index (χ2v) is 12.4. The third-order valence-electron chi connectivity index (χ3n) is 7.45. The molecule has 3 aromatic rings. The number of fused-ring (bicyclic) bond motifs is 1. The Morgan fingerprint density at radius 2 is 1.88 bits per heavy atom. The number of carbonyl (C=O) groups is 2. The fraction of sp³-hybridized carbons (Fsp3) is 0.387. The van der Waals surface area contributed by atoms with Crippen LogP contribution in [0.4, 0.5) is 5.69 Å². The lowest BCUT2D eigenvalue weighted by atomic mass is 10.0. The molecule has 1 N–H and O–H groups in total. The number of hydrogen-bond acceptors (Lipinski definition) is 8. The van der Waals surface area contributed by atoms with E-state index in [0.717, 1.165) is 5.56 Å². The van der Waals surface area contributed by atoms with Crippen LogP contribution in [0.25, 0.3) is 0 Å². The molecule has 4 rings (SSSR count). The molecule has 1 aromatic heterocycles. The average molecular weight is 611 g/mol. The third-order valence-corrected chi connectivity index (χ3v) is 8.83. The maximum absolute atomic E-state index is 13.7.